The molecule has 18 fully saturated rings. The molecule has 0 aromatic carbocycles. The minimum atomic E-state index is -0.814. The molecule has 8 aliphatic carbocycles. The summed E-state index contributed by atoms with van der Waals surface area (Å²) in [5, 5.41) is 36.4. The van der Waals surface area contributed by atoms with Gasteiger partial charge < -0.3 is 37.9 Å². The number of ether oxygens (including phenoxy) is 8. The summed E-state index contributed by atoms with van der Waals surface area (Å²) in [4.78, 5) is 68.9. The van der Waals surface area contributed by atoms with Crippen LogP contribution in [0.3, 0.4) is 0 Å². The first kappa shape index (κ1) is 53.0. The molecule has 0 N–H and O–H groups in total. The molecular weight excluding hydrogens is 1010 g/mol. The first-order chi connectivity index (χ1) is 37.2. The molecule has 0 spiro atoms. The van der Waals surface area contributed by atoms with Gasteiger partial charge in [-0.05, 0) is 91.8 Å². The molecule has 29 unspecified atom stereocenters. The Hall–Kier alpha value is -5.30. The van der Waals surface area contributed by atoms with Crippen LogP contribution in [0.2, 0.25) is 0 Å². The first-order valence-electron chi connectivity index (χ1n) is 29.3. The van der Waals surface area contributed by atoms with E-state index in [0.717, 1.165) is 38.0 Å². The molecule has 18 rings (SSSR count). The minimum absolute atomic E-state index is 0.00843. The van der Waals surface area contributed by atoms with Gasteiger partial charge in [-0.25, -0.2) is 0 Å². The molecule has 422 valence electrons. The van der Waals surface area contributed by atoms with Crippen molar-refractivity contribution in [2.75, 3.05) is 0 Å². The highest BCUT2D eigenvalue weighted by molar-refractivity contribution is 5.85. The smallest absolute Gasteiger partial charge is 0.327 e. The number of nitrogens with zero attached hydrogens (tertiary/aromatic N) is 4. The third kappa shape index (κ3) is 6.60. The Labute approximate surface area is 461 Å². The van der Waals surface area contributed by atoms with E-state index in [1.807, 2.05) is 13.8 Å². The molecule has 0 amide bonds. The lowest BCUT2D eigenvalue weighted by Crippen LogP contribution is -2.43. The van der Waals surface area contributed by atoms with Crippen LogP contribution in [0.5, 0.6) is 0 Å². The summed E-state index contributed by atoms with van der Waals surface area (Å²) in [5.41, 5.74) is -1.41. The van der Waals surface area contributed by atoms with Gasteiger partial charge in [-0.1, -0.05) is 76.2 Å². The number of hydrogen-bond acceptors (Lipinski definition) is 18. The van der Waals surface area contributed by atoms with Gasteiger partial charge in [-0.3, -0.25) is 28.8 Å². The molecule has 0 aromatic rings. The molecule has 0 radical (unpaired) electrons. The van der Waals surface area contributed by atoms with Gasteiger partial charge in [0.05, 0.1) is 66.1 Å². The second-order valence-electron chi connectivity index (χ2n) is 29.7. The number of hydrogen-bond donors (Lipinski definition) is 0. The van der Waals surface area contributed by atoms with E-state index in [2.05, 4.69) is 86.6 Å². The van der Waals surface area contributed by atoms with E-state index < -0.39 is 10.8 Å². The average molecular weight is 1090 g/mol. The maximum atomic E-state index is 11.8. The first-order valence-corrected chi connectivity index (χ1v) is 29.3. The summed E-state index contributed by atoms with van der Waals surface area (Å²) in [6, 6.07) is 8.91. The Morgan fingerprint density at radius 1 is 0.443 bits per heavy atom. The maximum absolute atomic E-state index is 11.8. The van der Waals surface area contributed by atoms with E-state index in [1.165, 1.54) is 6.42 Å². The van der Waals surface area contributed by atoms with Gasteiger partial charge in [-0.2, -0.15) is 21.0 Å². The van der Waals surface area contributed by atoms with Gasteiger partial charge in [0.2, 0.25) is 0 Å². The summed E-state index contributed by atoms with van der Waals surface area (Å²) < 4.78 is 43.4. The van der Waals surface area contributed by atoms with Gasteiger partial charge >= 0.3 is 35.8 Å². The Morgan fingerprint density at radius 2 is 1.06 bits per heavy atom. The zero-order chi connectivity index (χ0) is 56.5. The fraction of sp³-hybridized carbons (Fsp3) is 0.836. The van der Waals surface area contributed by atoms with E-state index in [0.29, 0.717) is 53.8 Å². The number of carbonyl (C=O) groups is 6. The molecule has 29 atom stereocenters. The minimum Gasteiger partial charge on any atom is -0.461 e. The second kappa shape index (κ2) is 16.9. The fourth-order valence-electron chi connectivity index (χ4n) is 20.8. The molecule has 18 heteroatoms. The lowest BCUT2D eigenvalue weighted by Gasteiger charge is -2.32. The number of carbonyl (C=O) groups excluding carboxylic acids is 6. The topological polar surface area (TPSA) is 271 Å². The standard InChI is InChI=1S/C12H15NO2.C10H11NO3.2C10H11NO2.C10H14O2.C9H12O3/c1-6-7-4-12(5-13)9(11(7,2)3)8(6)15-10(12)14;1-10(2)7-4(3-11)5-6(13-7)8(10)14-9(5)12;1-5-6-2-7-8(5)13-9(12)10(7,3-6)4-11;1-4-5-2-6-8(7(5)3-11)10(12)13-9(4)6;1-10(2)5-3-6-7(4-5)9(11)12-8(6)10;1-9(2)5-3-4-6(11-5)7(9)12-8(4)10/h6-9H,4H2,1-3H3;4-8H,1-2H3;5-8H,2-3H2,1H3;4-9H,2H2,1H3;5-8H,3-4H2,1-2H3;4-7H,3H2,1-2H3. The largest absolute Gasteiger partial charge is 0.461 e. The van der Waals surface area contributed by atoms with Crippen LogP contribution in [-0.4, -0.2) is 96.9 Å². The molecule has 10 aliphatic heterocycles. The summed E-state index contributed by atoms with van der Waals surface area (Å²) in [5.74, 6) is 3.35. The Morgan fingerprint density at radius 3 is 1.67 bits per heavy atom. The summed E-state index contributed by atoms with van der Waals surface area (Å²) >= 11 is 0. The summed E-state index contributed by atoms with van der Waals surface area (Å²) in [7, 11) is 0. The number of rotatable bonds is 0. The van der Waals surface area contributed by atoms with Crippen molar-refractivity contribution < 1.29 is 66.7 Å². The highest BCUT2D eigenvalue weighted by Gasteiger charge is 2.78. The van der Waals surface area contributed by atoms with E-state index in [4.69, 9.17) is 53.7 Å². The van der Waals surface area contributed by atoms with Gasteiger partial charge in [0.1, 0.15) is 54.7 Å². The highest BCUT2D eigenvalue weighted by atomic mass is 16.6. The maximum Gasteiger partial charge on any atom is 0.327 e. The average Bonchev–Trinajstić information content (AvgIpc) is 2.80. The van der Waals surface area contributed by atoms with E-state index >= 15 is 0 Å². The molecule has 0 aromatic heterocycles. The Kier molecular flexibility index (Phi) is 11.3. The molecule has 79 heavy (non-hydrogen) atoms. The van der Waals surface area contributed by atoms with Crippen LogP contribution in [0.25, 0.3) is 0 Å². The molecule has 12 bridgehead atoms. The van der Waals surface area contributed by atoms with Crippen molar-refractivity contribution in [2.24, 2.45) is 133 Å². The van der Waals surface area contributed by atoms with Crippen molar-refractivity contribution in [1.82, 2.24) is 0 Å². The monoisotopic (exact) mass is 1090 g/mol. The third-order valence-electron chi connectivity index (χ3n) is 25.2. The van der Waals surface area contributed by atoms with Crippen LogP contribution in [0.1, 0.15) is 121 Å². The number of nitriles is 4. The third-order valence-corrected chi connectivity index (χ3v) is 25.2. The molecular formula is C61H74N4O14. The predicted octanol–water partition coefficient (Wildman–Crippen LogP) is 6.58. The molecule has 10 heterocycles. The lowest BCUT2D eigenvalue weighted by molar-refractivity contribution is -0.147. The van der Waals surface area contributed by atoms with Gasteiger partial charge in [0.15, 0.2) is 10.8 Å². The van der Waals surface area contributed by atoms with Crippen molar-refractivity contribution in [2.45, 2.75) is 182 Å². The van der Waals surface area contributed by atoms with Crippen molar-refractivity contribution in [3.8, 4) is 24.3 Å². The van der Waals surface area contributed by atoms with Crippen LogP contribution >= 0.6 is 0 Å². The van der Waals surface area contributed by atoms with Gasteiger partial charge in [0.25, 0.3) is 0 Å². The van der Waals surface area contributed by atoms with E-state index in [1.54, 1.807) is 0 Å². The van der Waals surface area contributed by atoms with Crippen LogP contribution in [0.15, 0.2) is 0 Å². The molecule has 18 aliphatic rings. The molecule has 18 nitrogen and oxygen atoms in total. The normalized spacial score (nSPS) is 54.1. The zero-order valence-corrected chi connectivity index (χ0v) is 47.0. The fourth-order valence-corrected chi connectivity index (χ4v) is 20.8. The van der Waals surface area contributed by atoms with E-state index in [9.17, 15) is 34.0 Å². The highest BCUT2D eigenvalue weighted by Crippen LogP contribution is 2.72. The lowest BCUT2D eigenvalue weighted by atomic mass is 9.67. The molecule has 8 saturated carbocycles. The summed E-state index contributed by atoms with van der Waals surface area (Å²) in [6.45, 7) is 23.5. The van der Waals surface area contributed by atoms with Gasteiger partial charge in [-0.15, -0.1) is 0 Å². The van der Waals surface area contributed by atoms with Crippen molar-refractivity contribution >= 4 is 35.8 Å². The number of fused-ring (bicyclic) bond motifs is 6. The van der Waals surface area contributed by atoms with Crippen molar-refractivity contribution in [1.29, 1.82) is 21.0 Å². The van der Waals surface area contributed by atoms with Crippen LogP contribution in [0.4, 0.5) is 0 Å². The van der Waals surface area contributed by atoms with Crippen molar-refractivity contribution in [3.05, 3.63) is 0 Å². The van der Waals surface area contributed by atoms with E-state index in [-0.39, 0.29) is 166 Å². The second-order valence-corrected chi connectivity index (χ2v) is 29.7. The SMILES string of the molecule is CC1(C)C2CC3C(=O)OC1C3C2.CC1(C)C2CC3C(=O)OC1C3O2.CC1(C)C2OC3C(C(=O)OC31)C2C#N.CC1C2CC3C1OC(=O)C3(C#N)C2.CC1C2CC3C1OC(=O)C3C2C#N.CC1C2OC(=O)C3(C#N)CC1C(C)(C)C23. The Balaban J connectivity index is 0.0000000900. The quantitative estimate of drug-likeness (QED) is 0.183. The Bertz CT molecular complexity index is 2860. The van der Waals surface area contributed by atoms with Crippen LogP contribution in [0, 0.1) is 178 Å². The number of esters is 6. The molecule has 10 saturated heterocycles. The predicted molar refractivity (Wildman–Crippen MR) is 268 cm³/mol. The summed E-state index contributed by atoms with van der Waals surface area (Å²) in [6.07, 6.45) is 6.97. The van der Waals surface area contributed by atoms with Crippen LogP contribution in [-0.2, 0) is 66.7 Å². The van der Waals surface area contributed by atoms with Gasteiger partial charge in [0, 0.05) is 39.9 Å². The zero-order valence-electron chi connectivity index (χ0n) is 47.0. The van der Waals surface area contributed by atoms with Crippen molar-refractivity contribution in [3.63, 3.8) is 0 Å². The van der Waals surface area contributed by atoms with Crippen LogP contribution < -0.4 is 0 Å².